The Morgan fingerprint density at radius 1 is 1.32 bits per heavy atom. The molecule has 0 aromatic carbocycles. The lowest BCUT2D eigenvalue weighted by Crippen LogP contribution is -2.44. The second-order valence-corrected chi connectivity index (χ2v) is 7.64. The summed E-state index contributed by atoms with van der Waals surface area (Å²) < 4.78 is 5.53. The summed E-state index contributed by atoms with van der Waals surface area (Å²) in [7, 11) is 0. The molecule has 6 nitrogen and oxygen atoms in total. The van der Waals surface area contributed by atoms with Crippen LogP contribution in [0.25, 0.3) is 0 Å². The van der Waals surface area contributed by atoms with Crippen LogP contribution in [0.3, 0.4) is 0 Å². The fourth-order valence-corrected chi connectivity index (χ4v) is 4.13. The van der Waals surface area contributed by atoms with E-state index in [0.29, 0.717) is 37.8 Å². The van der Waals surface area contributed by atoms with Gasteiger partial charge in [-0.05, 0) is 43.7 Å². The van der Waals surface area contributed by atoms with Gasteiger partial charge in [0.2, 0.25) is 5.91 Å². The maximum Gasteiger partial charge on any atom is 0.255 e. The monoisotopic (exact) mass is 343 g/mol. The number of likely N-dealkylation sites (tertiary alicyclic amines) is 1. The summed E-state index contributed by atoms with van der Waals surface area (Å²) in [4.78, 5) is 31.6. The number of pyridine rings is 1. The molecular formula is C19H25N3O3. The molecule has 1 aromatic rings. The smallest absolute Gasteiger partial charge is 0.255 e. The summed E-state index contributed by atoms with van der Waals surface area (Å²) in [5.74, 6) is 0.589. The van der Waals surface area contributed by atoms with Gasteiger partial charge in [0.1, 0.15) is 0 Å². The van der Waals surface area contributed by atoms with Crippen LogP contribution < -0.4 is 5.32 Å². The Balaban J connectivity index is 1.51. The molecule has 6 heteroatoms. The number of nitrogens with zero attached hydrogens (tertiary/aromatic N) is 2. The molecular weight excluding hydrogens is 318 g/mol. The van der Waals surface area contributed by atoms with Crippen molar-refractivity contribution in [2.24, 2.45) is 17.3 Å². The Morgan fingerprint density at radius 2 is 2.12 bits per heavy atom. The van der Waals surface area contributed by atoms with E-state index in [1.54, 1.807) is 24.5 Å². The number of hydrogen-bond donors (Lipinski definition) is 1. The van der Waals surface area contributed by atoms with Crippen molar-refractivity contribution in [1.82, 2.24) is 15.2 Å². The van der Waals surface area contributed by atoms with E-state index in [1.165, 1.54) is 12.8 Å². The number of hydrogen-bond acceptors (Lipinski definition) is 4. The highest BCUT2D eigenvalue weighted by Crippen LogP contribution is 2.45. The molecule has 0 radical (unpaired) electrons. The molecule has 1 N–H and O–H groups in total. The minimum absolute atomic E-state index is 0.0311. The number of amides is 2. The van der Waals surface area contributed by atoms with Crippen molar-refractivity contribution in [2.45, 2.75) is 25.7 Å². The molecule has 1 aromatic heterocycles. The highest BCUT2D eigenvalue weighted by atomic mass is 16.5. The Bertz CT molecular complexity index is 639. The molecule has 3 aliphatic rings. The van der Waals surface area contributed by atoms with Crippen molar-refractivity contribution < 1.29 is 14.3 Å². The fourth-order valence-electron chi connectivity index (χ4n) is 4.13. The molecule has 2 saturated heterocycles. The minimum Gasteiger partial charge on any atom is -0.381 e. The summed E-state index contributed by atoms with van der Waals surface area (Å²) in [5.41, 5.74) is 0.438. The topological polar surface area (TPSA) is 71.5 Å². The Hall–Kier alpha value is -1.95. The average Bonchev–Trinajstić information content (AvgIpc) is 3.42. The maximum absolute atomic E-state index is 12.9. The standard InChI is InChI=1S/C19H25N3O3/c23-17(21-10-14-3-4-14)16-12-22(13-19(16)5-8-25-9-6-19)18(24)15-2-1-7-20-11-15/h1-2,7,11,14,16H,3-6,8-10,12-13H2,(H,21,23)/t16-/m0/s1. The number of carbonyl (C=O) groups is 2. The van der Waals surface area contributed by atoms with Crippen LogP contribution in [0.2, 0.25) is 0 Å². The summed E-state index contributed by atoms with van der Waals surface area (Å²) in [6.45, 7) is 3.23. The number of carbonyl (C=O) groups excluding carboxylic acids is 2. The highest BCUT2D eigenvalue weighted by Gasteiger charge is 2.51. The molecule has 1 atom stereocenters. The third-order valence-corrected chi connectivity index (χ3v) is 5.91. The van der Waals surface area contributed by atoms with Gasteiger partial charge in [0.15, 0.2) is 0 Å². The quantitative estimate of drug-likeness (QED) is 0.899. The number of rotatable bonds is 4. The second-order valence-electron chi connectivity index (χ2n) is 7.64. The molecule has 1 spiro atoms. The highest BCUT2D eigenvalue weighted by molar-refractivity contribution is 5.95. The summed E-state index contributed by atoms with van der Waals surface area (Å²) >= 11 is 0. The predicted octanol–water partition coefficient (Wildman–Crippen LogP) is 1.48. The number of aromatic nitrogens is 1. The second kappa shape index (κ2) is 6.75. The van der Waals surface area contributed by atoms with E-state index < -0.39 is 0 Å². The fraction of sp³-hybridized carbons (Fsp3) is 0.632. The molecule has 1 saturated carbocycles. The van der Waals surface area contributed by atoms with E-state index in [-0.39, 0.29) is 23.1 Å². The minimum atomic E-state index is -0.149. The van der Waals surface area contributed by atoms with Gasteiger partial charge in [-0.15, -0.1) is 0 Å². The van der Waals surface area contributed by atoms with Gasteiger partial charge >= 0.3 is 0 Å². The molecule has 4 rings (SSSR count). The van der Waals surface area contributed by atoms with Crippen molar-refractivity contribution in [1.29, 1.82) is 0 Å². The predicted molar refractivity (Wildman–Crippen MR) is 91.9 cm³/mol. The molecule has 0 bridgehead atoms. The first-order valence-electron chi connectivity index (χ1n) is 9.23. The lowest BCUT2D eigenvalue weighted by atomic mass is 9.71. The van der Waals surface area contributed by atoms with Crippen molar-refractivity contribution >= 4 is 11.8 Å². The van der Waals surface area contributed by atoms with Crippen LogP contribution in [0.5, 0.6) is 0 Å². The molecule has 3 heterocycles. The van der Waals surface area contributed by atoms with E-state index in [9.17, 15) is 9.59 Å². The van der Waals surface area contributed by atoms with Gasteiger partial charge in [-0.2, -0.15) is 0 Å². The zero-order valence-electron chi connectivity index (χ0n) is 14.4. The van der Waals surface area contributed by atoms with Crippen molar-refractivity contribution in [3.63, 3.8) is 0 Å². The van der Waals surface area contributed by atoms with Crippen molar-refractivity contribution in [3.8, 4) is 0 Å². The molecule has 3 fully saturated rings. The maximum atomic E-state index is 12.9. The summed E-state index contributed by atoms with van der Waals surface area (Å²) in [6.07, 6.45) is 7.37. The Labute approximate surface area is 147 Å². The van der Waals surface area contributed by atoms with Gasteiger partial charge in [0.05, 0.1) is 11.5 Å². The molecule has 2 amide bonds. The SMILES string of the molecule is O=C(NCC1CC1)[C@@H]1CN(C(=O)c2cccnc2)CC12CCOCC2. The van der Waals surface area contributed by atoms with Crippen molar-refractivity contribution in [2.75, 3.05) is 32.8 Å². The molecule has 1 aliphatic carbocycles. The normalized spacial score (nSPS) is 25.1. The van der Waals surface area contributed by atoms with E-state index in [1.807, 2.05) is 4.90 Å². The van der Waals surface area contributed by atoms with E-state index in [0.717, 1.165) is 19.4 Å². The molecule has 0 unspecified atom stereocenters. The number of ether oxygens (including phenoxy) is 1. The zero-order chi connectivity index (χ0) is 17.3. The van der Waals surface area contributed by atoms with Gasteiger partial charge in [-0.3, -0.25) is 14.6 Å². The molecule has 2 aliphatic heterocycles. The largest absolute Gasteiger partial charge is 0.381 e. The van der Waals surface area contributed by atoms with E-state index in [2.05, 4.69) is 10.3 Å². The first-order valence-corrected chi connectivity index (χ1v) is 9.23. The van der Waals surface area contributed by atoms with Crippen LogP contribution in [-0.4, -0.2) is 54.5 Å². The van der Waals surface area contributed by atoms with Gasteiger partial charge in [-0.25, -0.2) is 0 Å². The van der Waals surface area contributed by atoms with Crippen LogP contribution in [0.15, 0.2) is 24.5 Å². The molecule has 25 heavy (non-hydrogen) atoms. The third-order valence-electron chi connectivity index (χ3n) is 5.91. The van der Waals surface area contributed by atoms with E-state index in [4.69, 9.17) is 4.74 Å². The summed E-state index contributed by atoms with van der Waals surface area (Å²) in [5, 5.41) is 3.13. The lowest BCUT2D eigenvalue weighted by molar-refractivity contribution is -0.129. The average molecular weight is 343 g/mol. The van der Waals surface area contributed by atoms with Crippen LogP contribution in [-0.2, 0) is 9.53 Å². The van der Waals surface area contributed by atoms with Gasteiger partial charge < -0.3 is 15.0 Å². The first-order chi connectivity index (χ1) is 12.2. The van der Waals surface area contributed by atoms with Crippen LogP contribution in [0, 0.1) is 17.3 Å². The third kappa shape index (κ3) is 3.40. The van der Waals surface area contributed by atoms with Crippen LogP contribution >= 0.6 is 0 Å². The van der Waals surface area contributed by atoms with Gasteiger partial charge in [0.25, 0.3) is 5.91 Å². The van der Waals surface area contributed by atoms with Crippen LogP contribution in [0.4, 0.5) is 0 Å². The number of nitrogens with one attached hydrogen (secondary N) is 1. The Kier molecular flexibility index (Phi) is 4.46. The molecule has 134 valence electrons. The zero-order valence-corrected chi connectivity index (χ0v) is 14.4. The Morgan fingerprint density at radius 3 is 2.80 bits per heavy atom. The lowest BCUT2D eigenvalue weighted by Gasteiger charge is -2.37. The van der Waals surface area contributed by atoms with Crippen molar-refractivity contribution in [3.05, 3.63) is 30.1 Å². The van der Waals surface area contributed by atoms with E-state index >= 15 is 0 Å². The first kappa shape index (κ1) is 16.5. The van der Waals surface area contributed by atoms with Crippen LogP contribution in [0.1, 0.15) is 36.0 Å². The van der Waals surface area contributed by atoms with Gasteiger partial charge in [-0.1, -0.05) is 0 Å². The van der Waals surface area contributed by atoms with Gasteiger partial charge in [0, 0.05) is 50.7 Å². The summed E-state index contributed by atoms with van der Waals surface area (Å²) in [6, 6.07) is 3.56.